The Kier molecular flexibility index (Phi) is 2.86. The number of nitrogens with one attached hydrogen (secondary N) is 1. The second-order valence-corrected chi connectivity index (χ2v) is 4.07. The molecule has 0 radical (unpaired) electrons. The third-order valence-electron chi connectivity index (χ3n) is 2.67. The van der Waals surface area contributed by atoms with Gasteiger partial charge in [0, 0.05) is 11.8 Å². The van der Waals surface area contributed by atoms with E-state index in [4.69, 9.17) is 15.2 Å². The van der Waals surface area contributed by atoms with Gasteiger partial charge in [0.2, 0.25) is 0 Å². The number of ether oxygens (including phenoxy) is 2. The number of anilines is 2. The first-order valence-electron chi connectivity index (χ1n) is 5.54. The summed E-state index contributed by atoms with van der Waals surface area (Å²) in [6, 6.07) is 4.80. The van der Waals surface area contributed by atoms with Crippen molar-refractivity contribution >= 4 is 23.3 Å². The number of esters is 1. The van der Waals surface area contributed by atoms with E-state index in [9.17, 15) is 9.59 Å². The van der Waals surface area contributed by atoms with Crippen molar-refractivity contribution in [1.29, 1.82) is 0 Å². The average molecular weight is 250 g/mol. The molecule has 0 saturated carbocycles. The van der Waals surface area contributed by atoms with Crippen molar-refractivity contribution in [1.82, 2.24) is 0 Å². The highest BCUT2D eigenvalue weighted by atomic mass is 16.6. The number of carbonyl (C=O) groups excluding carboxylic acids is 2. The Bertz CT molecular complexity index is 515. The van der Waals surface area contributed by atoms with E-state index in [0.29, 0.717) is 17.1 Å². The van der Waals surface area contributed by atoms with E-state index in [0.717, 1.165) is 0 Å². The van der Waals surface area contributed by atoms with Gasteiger partial charge in [-0.05, 0) is 26.0 Å². The Balaban J connectivity index is 2.37. The molecule has 2 rings (SSSR count). The fraction of sp³-hybridized carbons (Fsp3) is 0.333. The highest BCUT2D eigenvalue weighted by Gasteiger charge is 2.48. The Labute approximate surface area is 104 Å². The highest BCUT2D eigenvalue weighted by Crippen LogP contribution is 2.35. The molecule has 18 heavy (non-hydrogen) atoms. The minimum Gasteiger partial charge on any atom is -0.464 e. The molecule has 96 valence electrons. The molecule has 0 aromatic heterocycles. The zero-order valence-corrected chi connectivity index (χ0v) is 10.1. The fourth-order valence-corrected chi connectivity index (χ4v) is 1.64. The van der Waals surface area contributed by atoms with Gasteiger partial charge < -0.3 is 20.5 Å². The maximum Gasteiger partial charge on any atom is 0.360 e. The smallest absolute Gasteiger partial charge is 0.360 e. The summed E-state index contributed by atoms with van der Waals surface area (Å²) in [6.07, 6.45) is 0. The first-order chi connectivity index (χ1) is 8.47. The predicted octanol–water partition coefficient (Wildman–Crippen LogP) is 0.921. The lowest BCUT2D eigenvalue weighted by Crippen LogP contribution is -2.55. The number of nitrogen functional groups attached to an aromatic ring is 1. The maximum atomic E-state index is 11.9. The maximum absolute atomic E-state index is 11.9. The molecule has 1 aliphatic heterocycles. The zero-order chi connectivity index (χ0) is 13.3. The van der Waals surface area contributed by atoms with Crippen LogP contribution < -0.4 is 15.8 Å². The monoisotopic (exact) mass is 250 g/mol. The topological polar surface area (TPSA) is 90.7 Å². The van der Waals surface area contributed by atoms with Crippen LogP contribution in [0.15, 0.2) is 18.2 Å². The van der Waals surface area contributed by atoms with Gasteiger partial charge in [-0.2, -0.15) is 0 Å². The lowest BCUT2D eigenvalue weighted by atomic mass is 10.0. The third kappa shape index (κ3) is 1.85. The largest absolute Gasteiger partial charge is 0.464 e. The summed E-state index contributed by atoms with van der Waals surface area (Å²) >= 11 is 0. The molecule has 0 saturated heterocycles. The van der Waals surface area contributed by atoms with Crippen molar-refractivity contribution in [2.45, 2.75) is 19.4 Å². The standard InChI is InChI=1S/C12H14N2O4/c1-3-17-11(16)12(2)10(15)14-8-5-4-7(13)6-9(8)18-12/h4-6H,3,13H2,1-2H3,(H,14,15)/t12-/m1/s1. The molecular weight excluding hydrogens is 236 g/mol. The van der Waals surface area contributed by atoms with Crippen LogP contribution in [0.25, 0.3) is 0 Å². The number of hydrogen-bond acceptors (Lipinski definition) is 5. The number of amides is 1. The number of fused-ring (bicyclic) bond motifs is 1. The summed E-state index contributed by atoms with van der Waals surface area (Å²) in [5.74, 6) is -0.932. The Morgan fingerprint density at radius 2 is 2.28 bits per heavy atom. The Hall–Kier alpha value is -2.24. The van der Waals surface area contributed by atoms with Gasteiger partial charge in [-0.25, -0.2) is 4.79 Å². The minimum absolute atomic E-state index is 0.175. The summed E-state index contributed by atoms with van der Waals surface area (Å²) in [5.41, 5.74) is 4.91. The lowest BCUT2D eigenvalue weighted by Gasteiger charge is -2.32. The zero-order valence-electron chi connectivity index (χ0n) is 10.1. The van der Waals surface area contributed by atoms with Crippen LogP contribution in [0.5, 0.6) is 5.75 Å². The van der Waals surface area contributed by atoms with E-state index in [1.807, 2.05) is 0 Å². The van der Waals surface area contributed by atoms with Gasteiger partial charge >= 0.3 is 5.97 Å². The molecule has 1 heterocycles. The van der Waals surface area contributed by atoms with Gasteiger partial charge in [-0.15, -0.1) is 0 Å². The summed E-state index contributed by atoms with van der Waals surface area (Å²) in [5, 5.41) is 2.60. The van der Waals surface area contributed by atoms with Crippen LogP contribution in [0, 0.1) is 0 Å². The normalized spacial score (nSPS) is 21.6. The molecule has 0 bridgehead atoms. The highest BCUT2D eigenvalue weighted by molar-refractivity contribution is 6.13. The molecule has 1 aromatic carbocycles. The van der Waals surface area contributed by atoms with Gasteiger partial charge in [0.1, 0.15) is 5.75 Å². The third-order valence-corrected chi connectivity index (χ3v) is 2.67. The summed E-state index contributed by atoms with van der Waals surface area (Å²) in [4.78, 5) is 23.7. The van der Waals surface area contributed by atoms with Gasteiger partial charge in [-0.1, -0.05) is 0 Å². The van der Waals surface area contributed by atoms with Gasteiger partial charge in [-0.3, -0.25) is 4.79 Å². The van der Waals surface area contributed by atoms with Crippen molar-refractivity contribution in [2.24, 2.45) is 0 Å². The molecule has 1 amide bonds. The van der Waals surface area contributed by atoms with E-state index in [2.05, 4.69) is 5.32 Å². The first kappa shape index (κ1) is 12.2. The Morgan fingerprint density at radius 1 is 1.56 bits per heavy atom. The van der Waals surface area contributed by atoms with Gasteiger partial charge in [0.05, 0.1) is 12.3 Å². The molecule has 0 fully saturated rings. The quantitative estimate of drug-likeness (QED) is 0.462. The predicted molar refractivity (Wildman–Crippen MR) is 65.2 cm³/mol. The van der Waals surface area contributed by atoms with E-state index in [1.54, 1.807) is 25.1 Å². The van der Waals surface area contributed by atoms with Crippen LogP contribution in [0.4, 0.5) is 11.4 Å². The second kappa shape index (κ2) is 4.21. The number of carbonyl (C=O) groups is 2. The molecule has 1 aromatic rings. The van der Waals surface area contributed by atoms with Crippen molar-refractivity contribution < 1.29 is 19.1 Å². The molecule has 6 nitrogen and oxygen atoms in total. The van der Waals surface area contributed by atoms with Crippen molar-refractivity contribution in [3.05, 3.63) is 18.2 Å². The van der Waals surface area contributed by atoms with Crippen LogP contribution >= 0.6 is 0 Å². The number of benzene rings is 1. The van der Waals surface area contributed by atoms with E-state index >= 15 is 0 Å². The second-order valence-electron chi connectivity index (χ2n) is 4.07. The van der Waals surface area contributed by atoms with Crippen LogP contribution in [0.1, 0.15) is 13.8 Å². The van der Waals surface area contributed by atoms with Crippen molar-refractivity contribution in [3.8, 4) is 5.75 Å². The minimum atomic E-state index is -1.68. The van der Waals surface area contributed by atoms with Crippen LogP contribution in [-0.4, -0.2) is 24.1 Å². The molecule has 0 spiro atoms. The van der Waals surface area contributed by atoms with Crippen molar-refractivity contribution in [3.63, 3.8) is 0 Å². The lowest BCUT2D eigenvalue weighted by molar-refractivity contribution is -0.165. The van der Waals surface area contributed by atoms with Gasteiger partial charge in [0.15, 0.2) is 0 Å². The molecule has 0 unspecified atom stereocenters. The van der Waals surface area contributed by atoms with Crippen molar-refractivity contribution in [2.75, 3.05) is 17.7 Å². The molecule has 1 aliphatic rings. The molecule has 3 N–H and O–H groups in total. The molecule has 0 aliphatic carbocycles. The number of nitrogens with two attached hydrogens (primary N) is 1. The summed E-state index contributed by atoms with van der Waals surface area (Å²) < 4.78 is 10.3. The number of hydrogen-bond donors (Lipinski definition) is 2. The molecule has 6 heteroatoms. The van der Waals surface area contributed by atoms with Crippen LogP contribution in [0.2, 0.25) is 0 Å². The Morgan fingerprint density at radius 3 is 2.94 bits per heavy atom. The van der Waals surface area contributed by atoms with E-state index in [-0.39, 0.29) is 6.61 Å². The van der Waals surface area contributed by atoms with E-state index in [1.165, 1.54) is 6.92 Å². The summed E-state index contributed by atoms with van der Waals surface area (Å²) in [6.45, 7) is 3.20. The van der Waals surface area contributed by atoms with Crippen LogP contribution in [0.3, 0.4) is 0 Å². The molecular formula is C12H14N2O4. The number of rotatable bonds is 2. The van der Waals surface area contributed by atoms with Crippen LogP contribution in [-0.2, 0) is 14.3 Å². The first-order valence-corrected chi connectivity index (χ1v) is 5.54. The summed E-state index contributed by atoms with van der Waals surface area (Å²) in [7, 11) is 0. The molecule has 1 atom stereocenters. The van der Waals surface area contributed by atoms with Gasteiger partial charge in [0.25, 0.3) is 11.5 Å². The average Bonchev–Trinajstić information content (AvgIpc) is 2.31. The van der Waals surface area contributed by atoms with E-state index < -0.39 is 17.5 Å². The SMILES string of the molecule is CCOC(=O)[C@]1(C)Oc2cc(N)ccc2NC1=O. The fourth-order valence-electron chi connectivity index (χ4n) is 1.64.